The second-order valence-corrected chi connectivity index (χ2v) is 8.50. The quantitative estimate of drug-likeness (QED) is 0.449. The molecule has 4 nitrogen and oxygen atoms in total. The van der Waals surface area contributed by atoms with E-state index in [1.54, 1.807) is 0 Å². The molecule has 5 rings (SSSR count). The van der Waals surface area contributed by atoms with Gasteiger partial charge in [0, 0.05) is 29.3 Å². The molecule has 5 heteroatoms. The van der Waals surface area contributed by atoms with Crippen LogP contribution in [0.15, 0.2) is 66.9 Å². The molecule has 0 bridgehead atoms. The van der Waals surface area contributed by atoms with Crippen molar-refractivity contribution in [1.82, 2.24) is 19.7 Å². The van der Waals surface area contributed by atoms with E-state index in [1.165, 1.54) is 0 Å². The van der Waals surface area contributed by atoms with Crippen LogP contribution in [0, 0.1) is 11.7 Å². The van der Waals surface area contributed by atoms with Crippen LogP contribution in [0.4, 0.5) is 4.39 Å². The predicted molar refractivity (Wildman–Crippen MR) is 119 cm³/mol. The summed E-state index contributed by atoms with van der Waals surface area (Å²) in [6.45, 7) is 1.11. The molecule has 1 aliphatic carbocycles. The van der Waals surface area contributed by atoms with Crippen molar-refractivity contribution in [2.45, 2.75) is 18.9 Å². The van der Waals surface area contributed by atoms with E-state index in [4.69, 9.17) is 5.10 Å². The number of hydrogen-bond acceptors (Lipinski definition) is 3. The highest BCUT2D eigenvalue weighted by molar-refractivity contribution is 5.86. The van der Waals surface area contributed by atoms with Gasteiger partial charge in [-0.3, -0.25) is 4.68 Å². The molecule has 2 heterocycles. The molecule has 0 unspecified atom stereocenters. The van der Waals surface area contributed by atoms with Crippen molar-refractivity contribution in [2.24, 2.45) is 5.92 Å². The van der Waals surface area contributed by atoms with E-state index in [0.29, 0.717) is 22.8 Å². The summed E-state index contributed by atoms with van der Waals surface area (Å²) in [6.07, 6.45) is 4.23. The second-order valence-electron chi connectivity index (χ2n) is 8.50. The van der Waals surface area contributed by atoms with Gasteiger partial charge in [-0.2, -0.15) is 5.10 Å². The number of aromatic nitrogens is 3. The molecule has 0 aliphatic heterocycles. The maximum atomic E-state index is 15.4. The molecule has 0 saturated heterocycles. The highest BCUT2D eigenvalue weighted by atomic mass is 19.1. The topological polar surface area (TPSA) is 34.0 Å². The first kappa shape index (κ1) is 18.9. The number of hydrogen-bond donors (Lipinski definition) is 0. The van der Waals surface area contributed by atoms with Crippen LogP contribution in [0.1, 0.15) is 18.9 Å². The lowest BCUT2D eigenvalue weighted by atomic mass is 9.80. The van der Waals surface area contributed by atoms with E-state index in [-0.39, 0.29) is 5.82 Å². The normalized spacial score (nSPS) is 18.7. The standard InChI is InChI=1S/C25H25FN4/c1-29(2)16-17-14-20(15-17)30-13-12-23(28-30)21-10-8-19-9-11-22(27-25(19)24(21)26)18-6-4-3-5-7-18/h3-13,17,20H,14-16H2,1-2H3. The van der Waals surface area contributed by atoms with Crippen molar-refractivity contribution >= 4 is 10.9 Å². The largest absolute Gasteiger partial charge is 0.309 e. The van der Waals surface area contributed by atoms with Crippen LogP contribution in [-0.2, 0) is 0 Å². The minimum Gasteiger partial charge on any atom is -0.309 e. The fourth-order valence-electron chi connectivity index (χ4n) is 4.39. The van der Waals surface area contributed by atoms with Crippen molar-refractivity contribution in [2.75, 3.05) is 20.6 Å². The van der Waals surface area contributed by atoms with Crippen molar-refractivity contribution < 1.29 is 4.39 Å². The number of nitrogens with zero attached hydrogens (tertiary/aromatic N) is 4. The Bertz CT molecular complexity index is 1180. The first-order valence-corrected chi connectivity index (χ1v) is 10.4. The molecule has 1 saturated carbocycles. The zero-order chi connectivity index (χ0) is 20.7. The molecule has 4 aromatic rings. The molecule has 2 aromatic carbocycles. The SMILES string of the molecule is CN(C)CC1CC(n2ccc(-c3ccc4ccc(-c5ccccc5)nc4c3F)n2)C1. The number of benzene rings is 2. The first-order valence-electron chi connectivity index (χ1n) is 10.4. The van der Waals surface area contributed by atoms with Gasteiger partial charge in [-0.25, -0.2) is 9.37 Å². The third-order valence-corrected chi connectivity index (χ3v) is 5.96. The number of pyridine rings is 1. The molecule has 152 valence electrons. The zero-order valence-electron chi connectivity index (χ0n) is 17.3. The fraction of sp³-hybridized carbons (Fsp3) is 0.280. The Hall–Kier alpha value is -3.05. The Morgan fingerprint density at radius 2 is 1.73 bits per heavy atom. The fourth-order valence-corrected chi connectivity index (χ4v) is 4.39. The number of fused-ring (bicyclic) bond motifs is 1. The predicted octanol–water partition coefficient (Wildman–Crippen LogP) is 5.42. The summed E-state index contributed by atoms with van der Waals surface area (Å²) in [6, 6.07) is 19.8. The Morgan fingerprint density at radius 1 is 0.967 bits per heavy atom. The molecule has 0 N–H and O–H groups in total. The van der Waals surface area contributed by atoms with Crippen LogP contribution in [0.2, 0.25) is 0 Å². The smallest absolute Gasteiger partial charge is 0.158 e. The van der Waals surface area contributed by atoms with Gasteiger partial charge < -0.3 is 4.90 Å². The van der Waals surface area contributed by atoms with Gasteiger partial charge in [0.15, 0.2) is 5.82 Å². The van der Waals surface area contributed by atoms with E-state index in [9.17, 15) is 0 Å². The third kappa shape index (κ3) is 3.50. The Kier molecular flexibility index (Phi) is 4.83. The lowest BCUT2D eigenvalue weighted by Crippen LogP contribution is -2.34. The van der Waals surface area contributed by atoms with E-state index >= 15 is 4.39 Å². The van der Waals surface area contributed by atoms with Gasteiger partial charge in [0.05, 0.1) is 17.4 Å². The second kappa shape index (κ2) is 7.65. The van der Waals surface area contributed by atoms with Gasteiger partial charge >= 0.3 is 0 Å². The molecule has 0 atom stereocenters. The molecule has 0 amide bonds. The first-order chi connectivity index (χ1) is 14.6. The summed E-state index contributed by atoms with van der Waals surface area (Å²) < 4.78 is 17.4. The van der Waals surface area contributed by atoms with Gasteiger partial charge in [0.2, 0.25) is 0 Å². The van der Waals surface area contributed by atoms with Crippen molar-refractivity contribution in [1.29, 1.82) is 0 Å². The van der Waals surface area contributed by atoms with Gasteiger partial charge in [-0.15, -0.1) is 0 Å². The minimum atomic E-state index is -0.311. The van der Waals surface area contributed by atoms with E-state index in [1.807, 2.05) is 71.5 Å². The molecule has 2 aromatic heterocycles. The summed E-state index contributed by atoms with van der Waals surface area (Å²) in [4.78, 5) is 6.86. The van der Waals surface area contributed by atoms with Crippen LogP contribution in [0.25, 0.3) is 33.4 Å². The minimum absolute atomic E-state index is 0.311. The summed E-state index contributed by atoms with van der Waals surface area (Å²) in [5, 5.41) is 5.49. The average Bonchev–Trinajstić information content (AvgIpc) is 3.20. The summed E-state index contributed by atoms with van der Waals surface area (Å²) in [5.74, 6) is 0.408. The molecule has 0 radical (unpaired) electrons. The highest BCUT2D eigenvalue weighted by Crippen LogP contribution is 2.38. The van der Waals surface area contributed by atoms with E-state index in [2.05, 4.69) is 24.0 Å². The third-order valence-electron chi connectivity index (χ3n) is 5.96. The zero-order valence-corrected chi connectivity index (χ0v) is 17.3. The molecule has 1 fully saturated rings. The molecular weight excluding hydrogens is 375 g/mol. The molecular formula is C25H25FN4. The van der Waals surface area contributed by atoms with Gasteiger partial charge in [-0.05, 0) is 51.1 Å². The maximum absolute atomic E-state index is 15.4. The average molecular weight is 401 g/mol. The molecule has 30 heavy (non-hydrogen) atoms. The van der Waals surface area contributed by atoms with Gasteiger partial charge in [-0.1, -0.05) is 42.5 Å². The van der Waals surface area contributed by atoms with Crippen LogP contribution in [-0.4, -0.2) is 40.3 Å². The Balaban J connectivity index is 1.44. The Labute approximate surface area is 176 Å². The van der Waals surface area contributed by atoms with Crippen molar-refractivity contribution in [3.63, 3.8) is 0 Å². The van der Waals surface area contributed by atoms with E-state index in [0.717, 1.165) is 41.9 Å². The van der Waals surface area contributed by atoms with Crippen LogP contribution >= 0.6 is 0 Å². The lowest BCUT2D eigenvalue weighted by Gasteiger charge is -2.36. The van der Waals surface area contributed by atoms with E-state index < -0.39 is 0 Å². The van der Waals surface area contributed by atoms with Crippen LogP contribution in [0.5, 0.6) is 0 Å². The maximum Gasteiger partial charge on any atom is 0.158 e. The highest BCUT2D eigenvalue weighted by Gasteiger charge is 2.31. The lowest BCUT2D eigenvalue weighted by molar-refractivity contribution is 0.146. The molecule has 0 spiro atoms. The van der Waals surface area contributed by atoms with Gasteiger partial charge in [0.1, 0.15) is 5.52 Å². The summed E-state index contributed by atoms with van der Waals surface area (Å²) in [5.41, 5.74) is 3.30. The number of rotatable bonds is 5. The summed E-state index contributed by atoms with van der Waals surface area (Å²) >= 11 is 0. The van der Waals surface area contributed by atoms with Gasteiger partial charge in [0.25, 0.3) is 0 Å². The van der Waals surface area contributed by atoms with Crippen molar-refractivity contribution in [3.8, 4) is 22.5 Å². The summed E-state index contributed by atoms with van der Waals surface area (Å²) in [7, 11) is 4.22. The number of halogens is 1. The van der Waals surface area contributed by atoms with Crippen LogP contribution < -0.4 is 0 Å². The molecule has 1 aliphatic rings. The Morgan fingerprint density at radius 3 is 2.50 bits per heavy atom. The van der Waals surface area contributed by atoms with Crippen molar-refractivity contribution in [3.05, 3.63) is 72.7 Å². The van der Waals surface area contributed by atoms with Crippen LogP contribution in [0.3, 0.4) is 0 Å². The monoisotopic (exact) mass is 400 g/mol.